The Hall–Kier alpha value is -1.45. The van der Waals surface area contributed by atoms with Gasteiger partial charge >= 0.3 is 0 Å². The van der Waals surface area contributed by atoms with Gasteiger partial charge in [0.25, 0.3) is 11.5 Å². The number of aromatic nitrogens is 2. The Balaban J connectivity index is 2.54. The predicted octanol–water partition coefficient (Wildman–Crippen LogP) is -0.384. The maximum Gasteiger partial charge on any atom is 0.266 e. The molecule has 96 valence electrons. The van der Waals surface area contributed by atoms with Gasteiger partial charge in [0.15, 0.2) is 5.82 Å². The van der Waals surface area contributed by atoms with Crippen LogP contribution in [0.15, 0.2) is 11.1 Å². The number of halogens is 1. The maximum absolute atomic E-state index is 11.8. The Morgan fingerprint density at radius 2 is 2.06 bits per heavy atom. The lowest BCUT2D eigenvalue weighted by Crippen LogP contribution is -2.64. The maximum atomic E-state index is 11.8. The van der Waals surface area contributed by atoms with Crippen LogP contribution in [0, 0.1) is 3.57 Å². The van der Waals surface area contributed by atoms with Gasteiger partial charge in [0.2, 0.25) is 5.91 Å². The number of nitrogens with zero attached hydrogens (tertiary/aromatic N) is 2. The molecule has 0 spiro atoms. The van der Waals surface area contributed by atoms with Gasteiger partial charge in [0, 0.05) is 0 Å². The van der Waals surface area contributed by atoms with Crippen LogP contribution in [0.4, 0.5) is 5.82 Å². The van der Waals surface area contributed by atoms with E-state index >= 15 is 0 Å². The standard InChI is InChI=1S/C10H11IN4O3/c1-10(2)9(18)14-5(16)3-15(10)7-6(11)8(17)13-4-12-7/h4H,3H2,1-2H3,(H,12,13,17)(H,14,16,18). The highest BCUT2D eigenvalue weighted by atomic mass is 127. The minimum absolute atomic E-state index is 0.00874. The fourth-order valence-corrected chi connectivity index (χ4v) is 2.27. The minimum atomic E-state index is -0.936. The predicted molar refractivity (Wildman–Crippen MR) is 72.1 cm³/mol. The van der Waals surface area contributed by atoms with E-state index in [1.54, 1.807) is 13.8 Å². The van der Waals surface area contributed by atoms with Gasteiger partial charge in [0.1, 0.15) is 9.11 Å². The average Bonchev–Trinajstić information content (AvgIpc) is 2.28. The van der Waals surface area contributed by atoms with Crippen molar-refractivity contribution < 1.29 is 9.59 Å². The summed E-state index contributed by atoms with van der Waals surface area (Å²) in [5.74, 6) is -0.471. The van der Waals surface area contributed by atoms with Crippen molar-refractivity contribution in [2.75, 3.05) is 11.4 Å². The summed E-state index contributed by atoms with van der Waals surface area (Å²) in [6, 6.07) is 0. The zero-order chi connectivity index (χ0) is 13.5. The Bertz CT molecular complexity index is 581. The number of anilines is 1. The lowest BCUT2D eigenvalue weighted by atomic mass is 9.99. The van der Waals surface area contributed by atoms with Crippen LogP contribution in [-0.4, -0.2) is 33.9 Å². The second kappa shape index (κ2) is 4.34. The van der Waals surface area contributed by atoms with Crippen LogP contribution in [0.5, 0.6) is 0 Å². The number of nitrogens with one attached hydrogen (secondary N) is 2. The minimum Gasteiger partial charge on any atom is -0.332 e. The number of piperazine rings is 1. The van der Waals surface area contributed by atoms with Crippen molar-refractivity contribution in [1.82, 2.24) is 15.3 Å². The molecule has 7 nitrogen and oxygen atoms in total. The lowest BCUT2D eigenvalue weighted by molar-refractivity contribution is -0.135. The first kappa shape index (κ1) is 13.0. The summed E-state index contributed by atoms with van der Waals surface area (Å²) in [5.41, 5.74) is -1.23. The molecule has 0 unspecified atom stereocenters. The summed E-state index contributed by atoms with van der Waals surface area (Å²) >= 11 is 1.85. The molecular weight excluding hydrogens is 351 g/mol. The van der Waals surface area contributed by atoms with Crippen LogP contribution in [-0.2, 0) is 9.59 Å². The second-order valence-corrected chi connectivity index (χ2v) is 5.47. The lowest BCUT2D eigenvalue weighted by Gasteiger charge is -2.41. The Kier molecular flexibility index (Phi) is 3.13. The largest absolute Gasteiger partial charge is 0.332 e. The first-order valence-corrected chi connectivity index (χ1v) is 6.27. The van der Waals surface area contributed by atoms with Gasteiger partial charge < -0.3 is 9.88 Å². The molecule has 2 amide bonds. The van der Waals surface area contributed by atoms with Gasteiger partial charge in [-0.15, -0.1) is 0 Å². The molecule has 0 atom stereocenters. The van der Waals surface area contributed by atoms with E-state index in [0.717, 1.165) is 0 Å². The molecule has 1 saturated heterocycles. The van der Waals surface area contributed by atoms with E-state index in [1.807, 2.05) is 22.6 Å². The SMILES string of the molecule is CC1(C)C(=O)NC(=O)CN1c1nc[nH]c(=O)c1I. The summed E-state index contributed by atoms with van der Waals surface area (Å²) in [5, 5.41) is 2.27. The molecule has 1 aliphatic rings. The highest BCUT2D eigenvalue weighted by molar-refractivity contribution is 14.1. The number of carbonyl (C=O) groups excluding carboxylic acids is 2. The first-order chi connectivity index (χ1) is 8.34. The number of imide groups is 1. The second-order valence-electron chi connectivity index (χ2n) is 4.39. The van der Waals surface area contributed by atoms with Crippen molar-refractivity contribution in [3.8, 4) is 0 Å². The van der Waals surface area contributed by atoms with Gasteiger partial charge in [-0.05, 0) is 36.4 Å². The number of rotatable bonds is 1. The summed E-state index contributed by atoms with van der Waals surface area (Å²) in [4.78, 5) is 42.8. The van der Waals surface area contributed by atoms with Crippen LogP contribution in [0.25, 0.3) is 0 Å². The molecule has 0 aliphatic carbocycles. The molecule has 0 radical (unpaired) electrons. The molecule has 2 heterocycles. The van der Waals surface area contributed by atoms with Crippen molar-refractivity contribution in [2.45, 2.75) is 19.4 Å². The molecular formula is C10H11IN4O3. The third-order valence-electron chi connectivity index (χ3n) is 2.82. The van der Waals surface area contributed by atoms with E-state index in [2.05, 4.69) is 15.3 Å². The molecule has 2 N–H and O–H groups in total. The summed E-state index contributed by atoms with van der Waals surface area (Å²) < 4.78 is 0.352. The van der Waals surface area contributed by atoms with Crippen LogP contribution in [0.3, 0.4) is 0 Å². The highest BCUT2D eigenvalue weighted by Gasteiger charge is 2.42. The third-order valence-corrected chi connectivity index (χ3v) is 3.79. The fourth-order valence-electron chi connectivity index (χ4n) is 1.68. The molecule has 1 aromatic heterocycles. The number of amides is 2. The van der Waals surface area contributed by atoms with E-state index in [0.29, 0.717) is 9.39 Å². The summed E-state index contributed by atoms with van der Waals surface area (Å²) in [7, 11) is 0. The normalized spacial score (nSPS) is 18.7. The molecule has 0 aromatic carbocycles. The Morgan fingerprint density at radius 1 is 1.39 bits per heavy atom. The quantitative estimate of drug-likeness (QED) is 0.525. The van der Waals surface area contributed by atoms with Gasteiger partial charge in [-0.25, -0.2) is 4.98 Å². The zero-order valence-electron chi connectivity index (χ0n) is 9.78. The van der Waals surface area contributed by atoms with Crippen molar-refractivity contribution in [2.24, 2.45) is 0 Å². The molecule has 1 fully saturated rings. The van der Waals surface area contributed by atoms with Crippen molar-refractivity contribution in [3.63, 3.8) is 0 Å². The highest BCUT2D eigenvalue weighted by Crippen LogP contribution is 2.26. The molecule has 1 aromatic rings. The monoisotopic (exact) mass is 362 g/mol. The zero-order valence-corrected chi connectivity index (χ0v) is 11.9. The van der Waals surface area contributed by atoms with Crippen LogP contribution < -0.4 is 15.8 Å². The molecule has 0 bridgehead atoms. The number of carbonyl (C=O) groups is 2. The summed E-state index contributed by atoms with van der Waals surface area (Å²) in [6.07, 6.45) is 1.26. The van der Waals surface area contributed by atoms with Crippen LogP contribution >= 0.6 is 22.6 Å². The Morgan fingerprint density at radius 3 is 2.72 bits per heavy atom. The van der Waals surface area contributed by atoms with Gasteiger partial charge in [-0.3, -0.25) is 19.7 Å². The smallest absolute Gasteiger partial charge is 0.266 e. The average molecular weight is 362 g/mol. The van der Waals surface area contributed by atoms with Crippen molar-refractivity contribution in [3.05, 3.63) is 20.3 Å². The van der Waals surface area contributed by atoms with E-state index in [9.17, 15) is 14.4 Å². The molecule has 1 aliphatic heterocycles. The van der Waals surface area contributed by atoms with E-state index < -0.39 is 17.4 Å². The summed E-state index contributed by atoms with van der Waals surface area (Å²) in [6.45, 7) is 3.34. The van der Waals surface area contributed by atoms with Crippen LogP contribution in [0.2, 0.25) is 0 Å². The number of H-pyrrole nitrogens is 1. The molecule has 0 saturated carbocycles. The number of hydrogen-bond acceptors (Lipinski definition) is 5. The first-order valence-electron chi connectivity index (χ1n) is 5.19. The van der Waals surface area contributed by atoms with E-state index in [1.165, 1.54) is 11.2 Å². The topological polar surface area (TPSA) is 95.2 Å². The third kappa shape index (κ3) is 2.00. The van der Waals surface area contributed by atoms with E-state index in [-0.39, 0.29) is 12.1 Å². The fraction of sp³-hybridized carbons (Fsp3) is 0.400. The van der Waals surface area contributed by atoms with Gasteiger partial charge in [-0.1, -0.05) is 0 Å². The molecule has 18 heavy (non-hydrogen) atoms. The van der Waals surface area contributed by atoms with Gasteiger partial charge in [0.05, 0.1) is 12.9 Å². The molecule has 8 heteroatoms. The Labute approximate surface area is 116 Å². The molecule has 2 rings (SSSR count). The van der Waals surface area contributed by atoms with Gasteiger partial charge in [-0.2, -0.15) is 0 Å². The van der Waals surface area contributed by atoms with Crippen molar-refractivity contribution >= 4 is 40.2 Å². The van der Waals surface area contributed by atoms with E-state index in [4.69, 9.17) is 0 Å². The van der Waals surface area contributed by atoms with Crippen LogP contribution in [0.1, 0.15) is 13.8 Å². The van der Waals surface area contributed by atoms with Crippen molar-refractivity contribution in [1.29, 1.82) is 0 Å². The number of aromatic amines is 1. The number of hydrogen-bond donors (Lipinski definition) is 2.